The van der Waals surface area contributed by atoms with Crippen LogP contribution in [0, 0.1) is 5.92 Å². The molecule has 2 rings (SSSR count). The van der Waals surface area contributed by atoms with Gasteiger partial charge in [-0.1, -0.05) is 6.92 Å². The van der Waals surface area contributed by atoms with Crippen LogP contribution in [0.5, 0.6) is 0 Å². The van der Waals surface area contributed by atoms with Crippen LogP contribution in [0.1, 0.15) is 65.2 Å². The zero-order chi connectivity index (χ0) is 15.3. The normalized spacial score (nSPS) is 27.0. The van der Waals surface area contributed by atoms with Gasteiger partial charge in [0.25, 0.3) is 0 Å². The summed E-state index contributed by atoms with van der Waals surface area (Å²) in [5.74, 6) is 0.689. The molecule has 0 spiro atoms. The number of likely N-dealkylation sites (tertiary alicyclic amines) is 1. The van der Waals surface area contributed by atoms with Gasteiger partial charge in [0.05, 0.1) is 5.54 Å². The summed E-state index contributed by atoms with van der Waals surface area (Å²) in [5.41, 5.74) is 5.09. The van der Waals surface area contributed by atoms with E-state index < -0.39 is 5.54 Å². The number of nitrogens with two attached hydrogens (primary N) is 1. The number of hydrogen-bond donors (Lipinski definition) is 2. The smallest absolute Gasteiger partial charge is 0.237 e. The lowest BCUT2D eigenvalue weighted by molar-refractivity contribution is -0.124. The van der Waals surface area contributed by atoms with Crippen molar-refractivity contribution in [2.45, 2.75) is 76.8 Å². The summed E-state index contributed by atoms with van der Waals surface area (Å²) < 4.78 is 0. The van der Waals surface area contributed by atoms with E-state index >= 15 is 0 Å². The highest BCUT2D eigenvalue weighted by molar-refractivity contribution is 5.84. The summed E-state index contributed by atoms with van der Waals surface area (Å²) >= 11 is 0. The molecule has 0 aromatic carbocycles. The first-order valence-electron chi connectivity index (χ1n) is 8.79. The van der Waals surface area contributed by atoms with Crippen LogP contribution in [0.15, 0.2) is 0 Å². The van der Waals surface area contributed by atoms with E-state index in [1.807, 2.05) is 6.92 Å². The van der Waals surface area contributed by atoms with E-state index in [9.17, 15) is 4.79 Å². The second-order valence-corrected chi connectivity index (χ2v) is 7.45. The molecule has 3 N–H and O–H groups in total. The summed E-state index contributed by atoms with van der Waals surface area (Å²) in [4.78, 5) is 14.3. The average Bonchev–Trinajstić information content (AvgIpc) is 3.24. The Hall–Kier alpha value is -0.610. The number of rotatable bonds is 8. The molecule has 1 heterocycles. The largest absolute Gasteiger partial charge is 0.368 e. The molecule has 2 fully saturated rings. The predicted molar refractivity (Wildman–Crippen MR) is 87.1 cm³/mol. The number of carbonyl (C=O) groups excluding carboxylic acids is 1. The molecule has 0 radical (unpaired) electrons. The highest BCUT2D eigenvalue weighted by Gasteiger charge is 2.36. The maximum atomic E-state index is 11.7. The predicted octanol–water partition coefficient (Wildman–Crippen LogP) is 2.27. The molecule has 4 heteroatoms. The van der Waals surface area contributed by atoms with Gasteiger partial charge in [0, 0.05) is 6.04 Å². The first-order valence-corrected chi connectivity index (χ1v) is 8.79. The molecule has 2 aliphatic rings. The van der Waals surface area contributed by atoms with E-state index in [1.54, 1.807) is 0 Å². The SMILES string of the molecule is CC1CCCN(CCCCC(C)(NC2CC2)C(N)=O)CC1. The molecule has 1 aliphatic carbocycles. The third kappa shape index (κ3) is 5.59. The topological polar surface area (TPSA) is 58.4 Å². The van der Waals surface area contributed by atoms with Gasteiger partial charge in [-0.3, -0.25) is 4.79 Å². The molecule has 21 heavy (non-hydrogen) atoms. The summed E-state index contributed by atoms with van der Waals surface area (Å²) in [6.07, 6.45) is 9.54. The lowest BCUT2D eigenvalue weighted by atomic mass is 9.93. The highest BCUT2D eigenvalue weighted by atomic mass is 16.1. The second kappa shape index (κ2) is 7.59. The quantitative estimate of drug-likeness (QED) is 0.675. The molecular formula is C17H33N3O. The van der Waals surface area contributed by atoms with E-state index in [1.165, 1.54) is 58.2 Å². The first-order chi connectivity index (χ1) is 9.99. The van der Waals surface area contributed by atoms with Gasteiger partial charge < -0.3 is 16.0 Å². The van der Waals surface area contributed by atoms with Crippen LogP contribution < -0.4 is 11.1 Å². The molecule has 2 atom stereocenters. The number of nitrogens with zero attached hydrogens (tertiary/aromatic N) is 1. The summed E-state index contributed by atoms with van der Waals surface area (Å²) in [5, 5.41) is 3.43. The number of nitrogens with one attached hydrogen (secondary N) is 1. The van der Waals surface area contributed by atoms with Gasteiger partial charge >= 0.3 is 0 Å². The molecular weight excluding hydrogens is 262 g/mol. The monoisotopic (exact) mass is 295 g/mol. The second-order valence-electron chi connectivity index (χ2n) is 7.45. The Labute approximate surface area is 129 Å². The number of unbranched alkanes of at least 4 members (excludes halogenated alkanes) is 1. The molecule has 122 valence electrons. The Morgan fingerprint density at radius 1 is 1.24 bits per heavy atom. The summed E-state index contributed by atoms with van der Waals surface area (Å²) in [6, 6.07) is 0.523. The fourth-order valence-corrected chi connectivity index (χ4v) is 3.30. The van der Waals surface area contributed by atoms with Crippen molar-refractivity contribution in [2.24, 2.45) is 11.7 Å². The van der Waals surface area contributed by atoms with Crippen LogP contribution in [0.25, 0.3) is 0 Å². The summed E-state index contributed by atoms with van der Waals surface area (Å²) in [7, 11) is 0. The van der Waals surface area contributed by atoms with Gasteiger partial charge in [-0.15, -0.1) is 0 Å². The van der Waals surface area contributed by atoms with Gasteiger partial charge in [-0.25, -0.2) is 0 Å². The molecule has 4 nitrogen and oxygen atoms in total. The maximum Gasteiger partial charge on any atom is 0.237 e. The molecule has 1 amide bonds. The van der Waals surface area contributed by atoms with E-state index in [2.05, 4.69) is 17.1 Å². The van der Waals surface area contributed by atoms with Gasteiger partial charge in [-0.2, -0.15) is 0 Å². The number of primary amides is 1. The molecule has 1 saturated heterocycles. The number of amides is 1. The lowest BCUT2D eigenvalue weighted by Crippen LogP contribution is -2.54. The number of carbonyl (C=O) groups is 1. The van der Waals surface area contributed by atoms with E-state index in [0.29, 0.717) is 6.04 Å². The van der Waals surface area contributed by atoms with Crippen LogP contribution in [0.3, 0.4) is 0 Å². The molecule has 2 unspecified atom stereocenters. The van der Waals surface area contributed by atoms with Crippen molar-refractivity contribution in [1.82, 2.24) is 10.2 Å². The minimum atomic E-state index is -0.505. The minimum Gasteiger partial charge on any atom is -0.368 e. The first kappa shape index (κ1) is 16.8. The Morgan fingerprint density at radius 3 is 2.67 bits per heavy atom. The van der Waals surface area contributed by atoms with Gasteiger partial charge in [-0.05, 0) is 83.8 Å². The maximum absolute atomic E-state index is 11.7. The average molecular weight is 295 g/mol. The van der Waals surface area contributed by atoms with Crippen molar-refractivity contribution in [3.63, 3.8) is 0 Å². The molecule has 1 aliphatic heterocycles. The van der Waals surface area contributed by atoms with E-state index in [0.717, 1.165) is 18.8 Å². The van der Waals surface area contributed by atoms with Crippen LogP contribution in [-0.2, 0) is 4.79 Å². The van der Waals surface area contributed by atoms with E-state index in [-0.39, 0.29) is 5.91 Å². The Morgan fingerprint density at radius 2 is 2.00 bits per heavy atom. The fraction of sp³-hybridized carbons (Fsp3) is 0.941. The van der Waals surface area contributed by atoms with Crippen LogP contribution in [-0.4, -0.2) is 42.0 Å². The van der Waals surface area contributed by atoms with Gasteiger partial charge in [0.1, 0.15) is 0 Å². The standard InChI is InChI=1S/C17H33N3O/c1-14-6-5-12-20(13-9-14)11-4-3-10-17(2,16(18)21)19-15-7-8-15/h14-15,19H,3-13H2,1-2H3,(H2,18,21). The Bertz CT molecular complexity index is 343. The van der Waals surface area contributed by atoms with Crippen LogP contribution >= 0.6 is 0 Å². The van der Waals surface area contributed by atoms with Crippen LogP contribution in [0.2, 0.25) is 0 Å². The zero-order valence-electron chi connectivity index (χ0n) is 13.9. The Balaban J connectivity index is 1.66. The van der Waals surface area contributed by atoms with Crippen molar-refractivity contribution in [2.75, 3.05) is 19.6 Å². The van der Waals surface area contributed by atoms with Gasteiger partial charge in [0.15, 0.2) is 0 Å². The lowest BCUT2D eigenvalue weighted by Gasteiger charge is -2.28. The van der Waals surface area contributed by atoms with Crippen molar-refractivity contribution in [3.8, 4) is 0 Å². The zero-order valence-corrected chi connectivity index (χ0v) is 13.9. The minimum absolute atomic E-state index is 0.196. The van der Waals surface area contributed by atoms with Crippen molar-refractivity contribution >= 4 is 5.91 Å². The summed E-state index contributed by atoms with van der Waals surface area (Å²) in [6.45, 7) is 8.00. The van der Waals surface area contributed by atoms with Crippen molar-refractivity contribution < 1.29 is 4.79 Å². The van der Waals surface area contributed by atoms with Gasteiger partial charge in [0.2, 0.25) is 5.91 Å². The van der Waals surface area contributed by atoms with Crippen molar-refractivity contribution in [3.05, 3.63) is 0 Å². The van der Waals surface area contributed by atoms with Crippen molar-refractivity contribution in [1.29, 1.82) is 0 Å². The van der Waals surface area contributed by atoms with E-state index in [4.69, 9.17) is 5.73 Å². The molecule has 0 bridgehead atoms. The molecule has 0 aromatic heterocycles. The third-order valence-corrected chi connectivity index (χ3v) is 5.15. The fourth-order valence-electron chi connectivity index (χ4n) is 3.30. The Kier molecular flexibility index (Phi) is 6.06. The molecule has 0 aromatic rings. The highest BCUT2D eigenvalue weighted by Crippen LogP contribution is 2.25. The molecule has 1 saturated carbocycles. The number of hydrogen-bond acceptors (Lipinski definition) is 3. The van der Waals surface area contributed by atoms with Crippen LogP contribution in [0.4, 0.5) is 0 Å². The third-order valence-electron chi connectivity index (χ3n) is 5.15.